The van der Waals surface area contributed by atoms with E-state index >= 15 is 0 Å². The van der Waals surface area contributed by atoms with E-state index in [1.807, 2.05) is 12.1 Å². The number of aromatic nitrogens is 1. The molecular formula is C11H7Cl3N2OS2. The summed E-state index contributed by atoms with van der Waals surface area (Å²) < 4.78 is 3.81. The van der Waals surface area contributed by atoms with Crippen molar-refractivity contribution in [3.05, 3.63) is 44.3 Å². The minimum absolute atomic E-state index is 0.155. The van der Waals surface area contributed by atoms with Crippen molar-refractivity contribution in [3.8, 4) is 0 Å². The largest absolute Gasteiger partial charge is 0.342 e. The summed E-state index contributed by atoms with van der Waals surface area (Å²) in [5.74, 6) is 0.141. The van der Waals surface area contributed by atoms with Gasteiger partial charge in [0.05, 0.1) is 5.88 Å². The van der Waals surface area contributed by atoms with Crippen LogP contribution in [0, 0.1) is 0 Å². The highest BCUT2D eigenvalue weighted by atomic mass is 35.5. The maximum absolute atomic E-state index is 11.8. The number of amides is 1. The van der Waals surface area contributed by atoms with E-state index in [0.717, 1.165) is 16.4 Å². The highest BCUT2D eigenvalue weighted by Gasteiger charge is 2.16. The molecule has 0 saturated heterocycles. The Kier molecular flexibility index (Phi) is 5.36. The quantitative estimate of drug-likeness (QED) is 0.646. The molecule has 2 aromatic rings. The fourth-order valence-corrected chi connectivity index (χ4v) is 3.15. The van der Waals surface area contributed by atoms with Gasteiger partial charge in [-0.25, -0.2) is 0 Å². The monoisotopic (exact) mass is 352 g/mol. The van der Waals surface area contributed by atoms with Gasteiger partial charge < -0.3 is 5.32 Å². The highest BCUT2D eigenvalue weighted by Crippen LogP contribution is 2.28. The Morgan fingerprint density at radius 1 is 1.26 bits per heavy atom. The predicted octanol–water partition coefficient (Wildman–Crippen LogP) is 4.58. The summed E-state index contributed by atoms with van der Waals surface area (Å²) in [7, 11) is 0. The van der Waals surface area contributed by atoms with E-state index in [1.54, 1.807) is 12.1 Å². The Labute approximate surface area is 133 Å². The lowest BCUT2D eigenvalue weighted by Gasteiger charge is -2.03. The molecule has 1 heterocycles. The summed E-state index contributed by atoms with van der Waals surface area (Å²) in [6.45, 7) is 0. The Hall–Kier alpha value is -0.460. The number of hydrogen-bond acceptors (Lipinski definition) is 4. The number of hydrogen-bond donors (Lipinski definition) is 1. The maximum Gasteiger partial charge on any atom is 0.265 e. The average Bonchev–Trinajstić information content (AvgIpc) is 2.72. The van der Waals surface area contributed by atoms with E-state index in [1.165, 1.54) is 11.8 Å². The van der Waals surface area contributed by atoms with E-state index in [0.29, 0.717) is 15.8 Å². The minimum atomic E-state index is -0.282. The molecule has 100 valence electrons. The van der Waals surface area contributed by atoms with Crippen LogP contribution in [-0.2, 0) is 0 Å². The van der Waals surface area contributed by atoms with Gasteiger partial charge >= 0.3 is 0 Å². The third-order valence-corrected chi connectivity index (χ3v) is 5.03. The second-order valence-corrected chi connectivity index (χ2v) is 6.36. The molecule has 0 atom stereocenters. The normalized spacial score (nSPS) is 10.5. The van der Waals surface area contributed by atoms with Crippen molar-refractivity contribution in [1.29, 1.82) is 0 Å². The molecule has 0 aliphatic heterocycles. The lowest BCUT2D eigenvalue weighted by atomic mass is 10.4. The second-order valence-electron chi connectivity index (χ2n) is 3.36. The average molecular weight is 354 g/mol. The molecule has 0 bridgehead atoms. The van der Waals surface area contributed by atoms with Gasteiger partial charge in [0.15, 0.2) is 5.15 Å². The van der Waals surface area contributed by atoms with Gasteiger partial charge in [-0.2, -0.15) is 4.37 Å². The Morgan fingerprint density at radius 3 is 2.53 bits per heavy atom. The van der Waals surface area contributed by atoms with Crippen molar-refractivity contribution >= 4 is 64.0 Å². The topological polar surface area (TPSA) is 42.0 Å². The van der Waals surface area contributed by atoms with E-state index < -0.39 is 0 Å². The number of nitrogens with zero attached hydrogens (tertiary/aromatic N) is 1. The Morgan fingerprint density at radius 2 is 1.95 bits per heavy atom. The van der Waals surface area contributed by atoms with E-state index in [9.17, 15) is 4.79 Å². The molecule has 2 rings (SSSR count). The molecule has 8 heteroatoms. The van der Waals surface area contributed by atoms with Gasteiger partial charge in [-0.3, -0.25) is 4.79 Å². The van der Waals surface area contributed by atoms with Crippen LogP contribution >= 0.6 is 58.1 Å². The molecule has 0 aliphatic carbocycles. The Bertz CT molecular complexity index is 586. The fraction of sp³-hybridized carbons (Fsp3) is 0.0909. The molecular weight excluding hydrogens is 347 g/mol. The van der Waals surface area contributed by atoms with Gasteiger partial charge in [0.1, 0.15) is 9.90 Å². The van der Waals surface area contributed by atoms with Gasteiger partial charge in [-0.1, -0.05) is 34.8 Å². The zero-order valence-corrected chi connectivity index (χ0v) is 13.2. The molecule has 19 heavy (non-hydrogen) atoms. The van der Waals surface area contributed by atoms with Crippen molar-refractivity contribution in [1.82, 2.24) is 9.69 Å². The number of benzene rings is 1. The summed E-state index contributed by atoms with van der Waals surface area (Å²) in [5, 5.41) is 3.76. The smallest absolute Gasteiger partial charge is 0.265 e. The van der Waals surface area contributed by atoms with Crippen LogP contribution in [0.2, 0.25) is 15.2 Å². The first-order chi connectivity index (χ1) is 9.08. The minimum Gasteiger partial charge on any atom is -0.342 e. The number of halogens is 3. The number of rotatable bonds is 4. The number of thioether (sulfide) groups is 1. The first-order valence-electron chi connectivity index (χ1n) is 5.05. The van der Waals surface area contributed by atoms with Crippen LogP contribution < -0.4 is 5.32 Å². The lowest BCUT2D eigenvalue weighted by molar-refractivity contribution is 0.0965. The summed E-state index contributed by atoms with van der Waals surface area (Å²) in [6.07, 6.45) is 0. The summed E-state index contributed by atoms with van der Waals surface area (Å²) >= 11 is 19.8. The van der Waals surface area contributed by atoms with E-state index in [4.69, 9.17) is 34.8 Å². The third-order valence-electron chi connectivity index (χ3n) is 2.09. The van der Waals surface area contributed by atoms with Crippen molar-refractivity contribution in [2.45, 2.75) is 4.90 Å². The molecule has 1 aromatic carbocycles. The second kappa shape index (κ2) is 6.81. The lowest BCUT2D eigenvalue weighted by Crippen LogP contribution is -2.21. The van der Waals surface area contributed by atoms with Crippen LogP contribution in [0.5, 0.6) is 0 Å². The molecule has 0 radical (unpaired) electrons. The van der Waals surface area contributed by atoms with Crippen LogP contribution in [0.15, 0.2) is 29.2 Å². The SMILES string of the molecule is O=C(NCSc1ccc(Cl)cc1)c1snc(Cl)c1Cl. The third kappa shape index (κ3) is 4.00. The standard InChI is InChI=1S/C11H7Cl3N2OS2/c12-6-1-3-7(4-2-6)18-5-15-11(17)9-8(13)10(14)16-19-9/h1-4H,5H2,(H,15,17). The van der Waals surface area contributed by atoms with Gasteiger partial charge in [-0.05, 0) is 35.8 Å². The first kappa shape index (κ1) is 14.9. The van der Waals surface area contributed by atoms with Crippen molar-refractivity contribution in [2.24, 2.45) is 0 Å². The summed E-state index contributed by atoms with van der Waals surface area (Å²) in [4.78, 5) is 13.1. The summed E-state index contributed by atoms with van der Waals surface area (Å²) in [6, 6.07) is 7.36. The highest BCUT2D eigenvalue weighted by molar-refractivity contribution is 7.99. The maximum atomic E-state index is 11.8. The Balaban J connectivity index is 1.87. The molecule has 1 amide bonds. The molecule has 0 unspecified atom stereocenters. The van der Waals surface area contributed by atoms with Crippen molar-refractivity contribution < 1.29 is 4.79 Å². The van der Waals surface area contributed by atoms with Crippen LogP contribution in [-0.4, -0.2) is 16.2 Å². The molecule has 3 nitrogen and oxygen atoms in total. The zero-order valence-electron chi connectivity index (χ0n) is 9.32. The van der Waals surface area contributed by atoms with Crippen LogP contribution in [0.1, 0.15) is 9.67 Å². The number of carbonyl (C=O) groups excluding carboxylic acids is 1. The summed E-state index contributed by atoms with van der Waals surface area (Å²) in [5.41, 5.74) is 0. The van der Waals surface area contributed by atoms with Crippen molar-refractivity contribution in [2.75, 3.05) is 5.88 Å². The molecule has 0 spiro atoms. The molecule has 1 aromatic heterocycles. The van der Waals surface area contributed by atoms with Crippen LogP contribution in [0.25, 0.3) is 0 Å². The molecule has 0 aliphatic rings. The zero-order chi connectivity index (χ0) is 13.8. The first-order valence-corrected chi connectivity index (χ1v) is 7.94. The molecule has 0 fully saturated rings. The van der Waals surface area contributed by atoms with Crippen LogP contribution in [0.3, 0.4) is 0 Å². The van der Waals surface area contributed by atoms with Gasteiger partial charge in [0.25, 0.3) is 5.91 Å². The number of carbonyl (C=O) groups is 1. The van der Waals surface area contributed by atoms with Crippen molar-refractivity contribution in [3.63, 3.8) is 0 Å². The fourth-order valence-electron chi connectivity index (χ4n) is 1.20. The van der Waals surface area contributed by atoms with Gasteiger partial charge in [-0.15, -0.1) is 11.8 Å². The molecule has 1 N–H and O–H groups in total. The van der Waals surface area contributed by atoms with E-state index in [-0.39, 0.29) is 16.1 Å². The predicted molar refractivity (Wildman–Crippen MR) is 81.8 cm³/mol. The number of nitrogens with one attached hydrogen (secondary N) is 1. The van der Waals surface area contributed by atoms with Crippen LogP contribution in [0.4, 0.5) is 0 Å². The van der Waals surface area contributed by atoms with Gasteiger partial charge in [0.2, 0.25) is 0 Å². The van der Waals surface area contributed by atoms with Gasteiger partial charge in [0, 0.05) is 9.92 Å². The van der Waals surface area contributed by atoms with E-state index in [2.05, 4.69) is 9.69 Å². The molecule has 0 saturated carbocycles.